The normalized spacial score (nSPS) is 23.9. The predicted octanol–water partition coefficient (Wildman–Crippen LogP) is 3.20. The highest BCUT2D eigenvalue weighted by Crippen LogP contribution is 2.44. The number of thiophene rings is 1. The van der Waals surface area contributed by atoms with Crippen molar-refractivity contribution in [1.82, 2.24) is 4.90 Å². The van der Waals surface area contributed by atoms with E-state index in [2.05, 4.69) is 23.4 Å². The topological polar surface area (TPSA) is 29.5 Å². The van der Waals surface area contributed by atoms with Crippen LogP contribution in [0.25, 0.3) is 0 Å². The minimum atomic E-state index is -0.336. The van der Waals surface area contributed by atoms with Gasteiger partial charge in [-0.05, 0) is 44.2 Å². The Balaban J connectivity index is 1.71. The monoisotopic (exact) mass is 293 g/mol. The zero-order chi connectivity index (χ0) is 14.0. The number of piperidine rings is 1. The highest BCUT2D eigenvalue weighted by Gasteiger charge is 2.45. The average Bonchev–Trinajstić information content (AvgIpc) is 3.12. The van der Waals surface area contributed by atoms with Crippen LogP contribution >= 0.6 is 11.3 Å². The molecular formula is C16H23NO2S. The second-order valence-corrected chi connectivity index (χ2v) is 7.12. The summed E-state index contributed by atoms with van der Waals surface area (Å²) < 4.78 is 5.89. The number of hydrogen-bond acceptors (Lipinski definition) is 4. The molecule has 0 amide bonds. The van der Waals surface area contributed by atoms with Gasteiger partial charge in [0.15, 0.2) is 0 Å². The standard InChI is InChI=1S/C16H23NO2S/c1-17-10-6-13(7-11-17)19-15(18)16(8-2-3-9-16)14-5-4-12-20-14/h4-5,12-13H,2-3,6-11H2,1H3. The Hall–Kier alpha value is -0.870. The van der Waals surface area contributed by atoms with Gasteiger partial charge >= 0.3 is 5.97 Å². The molecule has 1 aliphatic carbocycles. The minimum absolute atomic E-state index is 0.0343. The summed E-state index contributed by atoms with van der Waals surface area (Å²) >= 11 is 1.70. The SMILES string of the molecule is CN1CCC(OC(=O)C2(c3cccs3)CCCC2)CC1. The van der Waals surface area contributed by atoms with Crippen molar-refractivity contribution in [3.63, 3.8) is 0 Å². The molecule has 20 heavy (non-hydrogen) atoms. The van der Waals surface area contributed by atoms with Crippen molar-refractivity contribution in [2.24, 2.45) is 0 Å². The number of ether oxygens (including phenoxy) is 1. The summed E-state index contributed by atoms with van der Waals surface area (Å²) in [5, 5.41) is 2.07. The van der Waals surface area contributed by atoms with Crippen LogP contribution in [0.4, 0.5) is 0 Å². The third-order valence-electron chi connectivity index (χ3n) is 4.78. The molecule has 0 N–H and O–H groups in total. The molecule has 3 rings (SSSR count). The van der Waals surface area contributed by atoms with Gasteiger partial charge in [-0.15, -0.1) is 11.3 Å². The first kappa shape index (κ1) is 14.1. The van der Waals surface area contributed by atoms with Crippen LogP contribution in [0.5, 0.6) is 0 Å². The largest absolute Gasteiger partial charge is 0.462 e. The van der Waals surface area contributed by atoms with Crippen molar-refractivity contribution >= 4 is 17.3 Å². The van der Waals surface area contributed by atoms with E-state index in [-0.39, 0.29) is 17.5 Å². The summed E-state index contributed by atoms with van der Waals surface area (Å²) in [6, 6.07) is 4.15. The smallest absolute Gasteiger partial charge is 0.317 e. The second kappa shape index (κ2) is 5.86. The van der Waals surface area contributed by atoms with Crippen LogP contribution in [0.1, 0.15) is 43.4 Å². The zero-order valence-corrected chi connectivity index (χ0v) is 13.0. The number of hydrogen-bond donors (Lipinski definition) is 0. The summed E-state index contributed by atoms with van der Waals surface area (Å²) in [5.74, 6) is 0.0343. The lowest BCUT2D eigenvalue weighted by atomic mass is 9.84. The Bertz CT molecular complexity index is 443. The van der Waals surface area contributed by atoms with E-state index in [9.17, 15) is 4.79 Å². The van der Waals surface area contributed by atoms with Gasteiger partial charge in [0.25, 0.3) is 0 Å². The van der Waals surface area contributed by atoms with Gasteiger partial charge in [-0.1, -0.05) is 18.9 Å². The molecule has 0 aromatic carbocycles. The summed E-state index contributed by atoms with van der Waals surface area (Å²) in [4.78, 5) is 16.3. The second-order valence-electron chi connectivity index (χ2n) is 6.17. The average molecular weight is 293 g/mol. The maximum Gasteiger partial charge on any atom is 0.317 e. The van der Waals surface area contributed by atoms with Crippen molar-refractivity contribution in [3.05, 3.63) is 22.4 Å². The fraction of sp³-hybridized carbons (Fsp3) is 0.688. The quantitative estimate of drug-likeness (QED) is 0.802. The van der Waals surface area contributed by atoms with Crippen LogP contribution in [-0.4, -0.2) is 37.1 Å². The molecule has 0 bridgehead atoms. The zero-order valence-electron chi connectivity index (χ0n) is 12.1. The predicted molar refractivity (Wildman–Crippen MR) is 81.1 cm³/mol. The Morgan fingerprint density at radius 3 is 2.65 bits per heavy atom. The molecule has 0 radical (unpaired) electrons. The van der Waals surface area contributed by atoms with Gasteiger partial charge in [0.1, 0.15) is 11.5 Å². The first-order valence-electron chi connectivity index (χ1n) is 7.64. The summed E-state index contributed by atoms with van der Waals surface area (Å²) in [7, 11) is 2.13. The summed E-state index contributed by atoms with van der Waals surface area (Å²) in [6.07, 6.45) is 6.26. The van der Waals surface area contributed by atoms with E-state index in [0.717, 1.165) is 51.6 Å². The third kappa shape index (κ3) is 2.63. The molecule has 0 atom stereocenters. The third-order valence-corrected chi connectivity index (χ3v) is 5.85. The number of nitrogens with zero attached hydrogens (tertiary/aromatic N) is 1. The summed E-state index contributed by atoms with van der Waals surface area (Å²) in [6.45, 7) is 2.06. The van der Waals surface area contributed by atoms with E-state index in [1.54, 1.807) is 11.3 Å². The van der Waals surface area contributed by atoms with Gasteiger partial charge < -0.3 is 9.64 Å². The Morgan fingerprint density at radius 1 is 1.35 bits per heavy atom. The van der Waals surface area contributed by atoms with Crippen LogP contribution in [0.15, 0.2) is 17.5 Å². The Morgan fingerprint density at radius 2 is 2.05 bits per heavy atom. The van der Waals surface area contributed by atoms with Crippen molar-refractivity contribution < 1.29 is 9.53 Å². The first-order chi connectivity index (χ1) is 9.71. The number of carbonyl (C=O) groups excluding carboxylic acids is 1. The van der Waals surface area contributed by atoms with E-state index in [1.807, 2.05) is 6.07 Å². The van der Waals surface area contributed by atoms with Crippen LogP contribution in [0, 0.1) is 0 Å². The van der Waals surface area contributed by atoms with E-state index < -0.39 is 0 Å². The molecule has 1 saturated carbocycles. The molecule has 0 unspecified atom stereocenters. The lowest BCUT2D eigenvalue weighted by Gasteiger charge is -2.32. The van der Waals surface area contributed by atoms with E-state index in [4.69, 9.17) is 4.74 Å². The highest BCUT2D eigenvalue weighted by molar-refractivity contribution is 7.10. The fourth-order valence-electron chi connectivity index (χ4n) is 3.45. The van der Waals surface area contributed by atoms with Gasteiger partial charge in [0.2, 0.25) is 0 Å². The lowest BCUT2D eigenvalue weighted by molar-refractivity contribution is -0.158. The Kier molecular flexibility index (Phi) is 4.13. The molecule has 3 nitrogen and oxygen atoms in total. The number of carbonyl (C=O) groups is 1. The lowest BCUT2D eigenvalue weighted by Crippen LogP contribution is -2.40. The van der Waals surface area contributed by atoms with Crippen LogP contribution in [-0.2, 0) is 14.9 Å². The Labute approximate surface area is 124 Å². The molecule has 1 saturated heterocycles. The fourth-order valence-corrected chi connectivity index (χ4v) is 4.42. The number of rotatable bonds is 3. The molecule has 1 aliphatic heterocycles. The number of likely N-dealkylation sites (tertiary alicyclic amines) is 1. The molecule has 2 heterocycles. The molecule has 1 aromatic rings. The van der Waals surface area contributed by atoms with Crippen molar-refractivity contribution in [3.8, 4) is 0 Å². The number of esters is 1. The van der Waals surface area contributed by atoms with Gasteiger partial charge in [-0.3, -0.25) is 4.79 Å². The van der Waals surface area contributed by atoms with Crippen molar-refractivity contribution in [2.45, 2.75) is 50.0 Å². The van der Waals surface area contributed by atoms with Crippen LogP contribution in [0.3, 0.4) is 0 Å². The van der Waals surface area contributed by atoms with Crippen LogP contribution < -0.4 is 0 Å². The minimum Gasteiger partial charge on any atom is -0.462 e. The molecule has 2 aliphatic rings. The molecule has 4 heteroatoms. The van der Waals surface area contributed by atoms with E-state index in [0.29, 0.717) is 0 Å². The highest BCUT2D eigenvalue weighted by atomic mass is 32.1. The van der Waals surface area contributed by atoms with Crippen LogP contribution in [0.2, 0.25) is 0 Å². The molecule has 0 spiro atoms. The van der Waals surface area contributed by atoms with Gasteiger partial charge in [-0.2, -0.15) is 0 Å². The maximum absolute atomic E-state index is 12.8. The molecule has 110 valence electrons. The molecule has 1 aromatic heterocycles. The van der Waals surface area contributed by atoms with Gasteiger partial charge in [-0.25, -0.2) is 0 Å². The molecular weight excluding hydrogens is 270 g/mol. The maximum atomic E-state index is 12.8. The van der Waals surface area contributed by atoms with Crippen molar-refractivity contribution in [1.29, 1.82) is 0 Å². The van der Waals surface area contributed by atoms with E-state index >= 15 is 0 Å². The molecule has 2 fully saturated rings. The van der Waals surface area contributed by atoms with E-state index in [1.165, 1.54) is 4.88 Å². The van der Waals surface area contributed by atoms with Gasteiger partial charge in [0.05, 0.1) is 0 Å². The van der Waals surface area contributed by atoms with Gasteiger partial charge in [0, 0.05) is 18.0 Å². The first-order valence-corrected chi connectivity index (χ1v) is 8.52. The summed E-state index contributed by atoms with van der Waals surface area (Å²) in [5.41, 5.74) is -0.336. The van der Waals surface area contributed by atoms with Crippen molar-refractivity contribution in [2.75, 3.05) is 20.1 Å².